The van der Waals surface area contributed by atoms with E-state index >= 15 is 0 Å². The molecule has 3 heteroatoms. The van der Waals surface area contributed by atoms with Gasteiger partial charge in [0, 0.05) is 26.2 Å². The van der Waals surface area contributed by atoms with Gasteiger partial charge in [-0.15, -0.1) is 0 Å². The summed E-state index contributed by atoms with van der Waals surface area (Å²) in [5.74, 6) is 0. The maximum absolute atomic E-state index is 12.7. The van der Waals surface area contributed by atoms with Gasteiger partial charge in [0.1, 0.15) is 6.17 Å². The zero-order valence-electron chi connectivity index (χ0n) is 8.21. The average molecular weight is 187 g/mol. The largest absolute Gasteiger partial charge is 0.380 e. The van der Waals surface area contributed by atoms with Crippen LogP contribution in [0.4, 0.5) is 4.39 Å². The standard InChI is InChI=1S/C10H18FNO/c1-13-10-5-3-2-4-9(10)12-6-8(11)7-12/h8-10H,2-7H2,1H3. The van der Waals surface area contributed by atoms with Crippen molar-refractivity contribution in [3.63, 3.8) is 0 Å². The number of methoxy groups -OCH3 is 1. The summed E-state index contributed by atoms with van der Waals surface area (Å²) >= 11 is 0. The molecule has 0 radical (unpaired) electrons. The summed E-state index contributed by atoms with van der Waals surface area (Å²) in [4.78, 5) is 2.23. The van der Waals surface area contributed by atoms with Crippen molar-refractivity contribution in [2.24, 2.45) is 0 Å². The van der Waals surface area contributed by atoms with Crippen molar-refractivity contribution in [2.75, 3.05) is 20.2 Å². The lowest BCUT2D eigenvalue weighted by Crippen LogP contribution is -2.58. The van der Waals surface area contributed by atoms with Crippen molar-refractivity contribution in [3.8, 4) is 0 Å². The number of ether oxygens (including phenoxy) is 1. The van der Waals surface area contributed by atoms with E-state index in [9.17, 15) is 4.39 Å². The fourth-order valence-electron chi connectivity index (χ4n) is 2.50. The van der Waals surface area contributed by atoms with Gasteiger partial charge in [0.15, 0.2) is 0 Å². The molecule has 2 unspecified atom stereocenters. The Morgan fingerprint density at radius 2 is 1.92 bits per heavy atom. The first-order valence-corrected chi connectivity index (χ1v) is 5.22. The number of nitrogens with zero attached hydrogens (tertiary/aromatic N) is 1. The van der Waals surface area contributed by atoms with Gasteiger partial charge in [-0.1, -0.05) is 12.8 Å². The van der Waals surface area contributed by atoms with E-state index in [0.29, 0.717) is 25.2 Å². The van der Waals surface area contributed by atoms with Gasteiger partial charge < -0.3 is 4.74 Å². The van der Waals surface area contributed by atoms with Gasteiger partial charge in [0.05, 0.1) is 6.10 Å². The molecule has 2 aliphatic rings. The SMILES string of the molecule is COC1CCCCC1N1CC(F)C1. The zero-order chi connectivity index (χ0) is 9.26. The Morgan fingerprint density at radius 1 is 1.23 bits per heavy atom. The first kappa shape index (κ1) is 9.41. The van der Waals surface area contributed by atoms with Crippen LogP contribution in [0.2, 0.25) is 0 Å². The lowest BCUT2D eigenvalue weighted by atomic mass is 9.89. The smallest absolute Gasteiger partial charge is 0.125 e. The molecule has 0 N–H and O–H groups in total. The Bertz CT molecular complexity index is 170. The molecule has 1 saturated heterocycles. The van der Waals surface area contributed by atoms with Gasteiger partial charge in [-0.3, -0.25) is 4.90 Å². The molecular weight excluding hydrogens is 169 g/mol. The highest BCUT2D eigenvalue weighted by atomic mass is 19.1. The normalized spacial score (nSPS) is 37.4. The van der Waals surface area contributed by atoms with Crippen LogP contribution < -0.4 is 0 Å². The van der Waals surface area contributed by atoms with Crippen LogP contribution in [-0.4, -0.2) is 43.4 Å². The van der Waals surface area contributed by atoms with Crippen LogP contribution in [0.25, 0.3) is 0 Å². The molecule has 0 aromatic carbocycles. The summed E-state index contributed by atoms with van der Waals surface area (Å²) in [6.45, 7) is 1.26. The zero-order valence-corrected chi connectivity index (χ0v) is 8.21. The van der Waals surface area contributed by atoms with Crippen molar-refractivity contribution >= 4 is 0 Å². The summed E-state index contributed by atoms with van der Waals surface area (Å²) in [5, 5.41) is 0. The minimum atomic E-state index is -0.584. The molecule has 0 aromatic rings. The number of hydrogen-bond donors (Lipinski definition) is 0. The van der Waals surface area contributed by atoms with Crippen LogP contribution in [0, 0.1) is 0 Å². The van der Waals surface area contributed by atoms with E-state index in [1.54, 1.807) is 7.11 Å². The van der Waals surface area contributed by atoms with Crippen molar-refractivity contribution in [2.45, 2.75) is 44.0 Å². The van der Waals surface area contributed by atoms with E-state index in [4.69, 9.17) is 4.74 Å². The molecule has 1 heterocycles. The van der Waals surface area contributed by atoms with E-state index in [1.165, 1.54) is 19.3 Å². The fraction of sp³-hybridized carbons (Fsp3) is 1.00. The van der Waals surface area contributed by atoms with Crippen LogP contribution in [-0.2, 0) is 4.74 Å². The molecule has 2 rings (SSSR count). The van der Waals surface area contributed by atoms with Crippen LogP contribution in [0.1, 0.15) is 25.7 Å². The van der Waals surface area contributed by atoms with E-state index in [2.05, 4.69) is 4.90 Å². The van der Waals surface area contributed by atoms with Crippen molar-refractivity contribution in [1.29, 1.82) is 0 Å². The molecule has 13 heavy (non-hydrogen) atoms. The van der Waals surface area contributed by atoms with Crippen LogP contribution in [0.15, 0.2) is 0 Å². The number of alkyl halides is 1. The topological polar surface area (TPSA) is 12.5 Å². The number of hydrogen-bond acceptors (Lipinski definition) is 2. The predicted octanol–water partition coefficient (Wildman–Crippen LogP) is 1.60. The first-order chi connectivity index (χ1) is 6.31. The average Bonchev–Trinajstić information content (AvgIpc) is 2.13. The van der Waals surface area contributed by atoms with Gasteiger partial charge in [-0.2, -0.15) is 0 Å². The highest BCUT2D eigenvalue weighted by molar-refractivity contribution is 4.91. The Labute approximate surface area is 79.1 Å². The van der Waals surface area contributed by atoms with Crippen LogP contribution >= 0.6 is 0 Å². The summed E-state index contributed by atoms with van der Waals surface area (Å²) in [5.41, 5.74) is 0. The molecule has 1 saturated carbocycles. The minimum absolute atomic E-state index is 0.348. The maximum Gasteiger partial charge on any atom is 0.125 e. The van der Waals surface area contributed by atoms with Gasteiger partial charge in [-0.05, 0) is 12.8 Å². The van der Waals surface area contributed by atoms with E-state index in [-0.39, 0.29) is 0 Å². The molecule has 0 spiro atoms. The third kappa shape index (κ3) is 1.86. The second kappa shape index (κ2) is 3.93. The number of halogens is 1. The molecule has 1 aliphatic carbocycles. The Morgan fingerprint density at radius 3 is 2.54 bits per heavy atom. The molecule has 2 fully saturated rings. The third-order valence-electron chi connectivity index (χ3n) is 3.30. The van der Waals surface area contributed by atoms with Crippen LogP contribution in [0.3, 0.4) is 0 Å². The Kier molecular flexibility index (Phi) is 2.84. The lowest BCUT2D eigenvalue weighted by molar-refractivity contribution is -0.0605. The highest BCUT2D eigenvalue weighted by Gasteiger charge is 2.37. The molecule has 1 aliphatic heterocycles. The van der Waals surface area contributed by atoms with Gasteiger partial charge >= 0.3 is 0 Å². The summed E-state index contributed by atoms with van der Waals surface area (Å²) in [7, 11) is 1.77. The molecule has 0 amide bonds. The maximum atomic E-state index is 12.7. The fourth-order valence-corrected chi connectivity index (χ4v) is 2.50. The molecule has 2 nitrogen and oxygen atoms in total. The lowest BCUT2D eigenvalue weighted by Gasteiger charge is -2.45. The quantitative estimate of drug-likeness (QED) is 0.651. The number of rotatable bonds is 2. The Balaban J connectivity index is 1.87. The first-order valence-electron chi connectivity index (χ1n) is 5.22. The van der Waals surface area contributed by atoms with Gasteiger partial charge in [-0.25, -0.2) is 4.39 Å². The van der Waals surface area contributed by atoms with Crippen LogP contribution in [0.5, 0.6) is 0 Å². The van der Waals surface area contributed by atoms with E-state index < -0.39 is 6.17 Å². The minimum Gasteiger partial charge on any atom is -0.380 e. The second-order valence-corrected chi connectivity index (χ2v) is 4.18. The monoisotopic (exact) mass is 187 g/mol. The summed E-state index contributed by atoms with van der Waals surface area (Å²) in [6, 6.07) is 0.491. The van der Waals surface area contributed by atoms with E-state index in [1.807, 2.05) is 0 Å². The van der Waals surface area contributed by atoms with Crippen molar-refractivity contribution in [1.82, 2.24) is 4.90 Å². The molecule has 0 aromatic heterocycles. The van der Waals surface area contributed by atoms with Gasteiger partial charge in [0.25, 0.3) is 0 Å². The highest BCUT2D eigenvalue weighted by Crippen LogP contribution is 2.28. The molecule has 2 atom stereocenters. The van der Waals surface area contributed by atoms with Crippen molar-refractivity contribution < 1.29 is 9.13 Å². The second-order valence-electron chi connectivity index (χ2n) is 4.18. The summed E-state index contributed by atoms with van der Waals surface area (Å²) in [6.07, 6.45) is 4.64. The Hall–Kier alpha value is -0.150. The molecular formula is C10H18FNO. The number of likely N-dealkylation sites (tertiary alicyclic amines) is 1. The summed E-state index contributed by atoms with van der Waals surface area (Å²) < 4.78 is 18.1. The predicted molar refractivity (Wildman–Crippen MR) is 49.5 cm³/mol. The van der Waals surface area contributed by atoms with E-state index in [0.717, 1.165) is 6.42 Å². The van der Waals surface area contributed by atoms with Gasteiger partial charge in [0.2, 0.25) is 0 Å². The molecule has 0 bridgehead atoms. The van der Waals surface area contributed by atoms with Crippen molar-refractivity contribution in [3.05, 3.63) is 0 Å². The molecule has 76 valence electrons. The third-order valence-corrected chi connectivity index (χ3v) is 3.30.